The lowest BCUT2D eigenvalue weighted by Crippen LogP contribution is -2.30. The van der Waals surface area contributed by atoms with Crippen molar-refractivity contribution >= 4 is 39.9 Å². The van der Waals surface area contributed by atoms with Crippen LogP contribution in [0.5, 0.6) is 5.75 Å². The number of thiazole rings is 1. The first-order valence-electron chi connectivity index (χ1n) is 10.9. The second-order valence-corrected chi connectivity index (χ2v) is 9.30. The second-order valence-electron chi connectivity index (χ2n) is 8.32. The molecule has 0 saturated carbocycles. The number of hydrogen-bond donors (Lipinski definition) is 0. The number of ether oxygens (including phenoxy) is 2. The number of rotatable bonds is 6. The van der Waals surface area contributed by atoms with E-state index in [0.717, 1.165) is 22.5 Å². The molecule has 35 heavy (non-hydrogen) atoms. The molecule has 2 heterocycles. The van der Waals surface area contributed by atoms with Gasteiger partial charge in [0.2, 0.25) is 5.78 Å². The lowest BCUT2D eigenvalue weighted by Gasteiger charge is -2.25. The SMILES string of the molecule is COC(=O)c1sc(N2C(=O)C(=O)C(C(=O)c3ccc(OC)c(C)c3)C2c2ccc(C)cc2)nc1C. The van der Waals surface area contributed by atoms with E-state index in [4.69, 9.17) is 9.47 Å². The number of Topliss-reactive ketones (excluding diaryl/α,β-unsaturated/α-hetero) is 2. The van der Waals surface area contributed by atoms with Gasteiger partial charge in [-0.15, -0.1) is 0 Å². The minimum atomic E-state index is -1.27. The molecule has 2 aromatic carbocycles. The highest BCUT2D eigenvalue weighted by Gasteiger charge is 2.53. The molecule has 2 atom stereocenters. The Balaban J connectivity index is 1.85. The highest BCUT2D eigenvalue weighted by Crippen LogP contribution is 2.43. The van der Waals surface area contributed by atoms with Crippen LogP contribution in [0.15, 0.2) is 42.5 Å². The molecule has 1 aliphatic heterocycles. The van der Waals surface area contributed by atoms with Gasteiger partial charge in [-0.3, -0.25) is 19.3 Å². The van der Waals surface area contributed by atoms with E-state index in [1.165, 1.54) is 19.1 Å². The fourth-order valence-electron chi connectivity index (χ4n) is 4.22. The van der Waals surface area contributed by atoms with Gasteiger partial charge in [0.15, 0.2) is 10.9 Å². The van der Waals surface area contributed by atoms with Crippen LogP contribution in [-0.2, 0) is 14.3 Å². The van der Waals surface area contributed by atoms with Crippen molar-refractivity contribution in [3.63, 3.8) is 0 Å². The number of amides is 1. The van der Waals surface area contributed by atoms with Gasteiger partial charge in [-0.05, 0) is 50.1 Å². The molecule has 1 saturated heterocycles. The average molecular weight is 493 g/mol. The fraction of sp³-hybridized carbons (Fsp3) is 0.269. The molecule has 8 nitrogen and oxygen atoms in total. The Bertz CT molecular complexity index is 1340. The van der Waals surface area contributed by atoms with Gasteiger partial charge in [-0.1, -0.05) is 41.2 Å². The molecule has 0 spiro atoms. The number of nitrogens with zero attached hydrogens (tertiary/aromatic N) is 2. The highest BCUT2D eigenvalue weighted by atomic mass is 32.1. The third-order valence-corrected chi connectivity index (χ3v) is 7.19. The summed E-state index contributed by atoms with van der Waals surface area (Å²) in [5, 5.41) is 0.160. The summed E-state index contributed by atoms with van der Waals surface area (Å²) in [5.74, 6) is -3.38. The maximum atomic E-state index is 13.7. The number of carbonyl (C=O) groups is 4. The van der Waals surface area contributed by atoms with Crippen molar-refractivity contribution in [1.29, 1.82) is 0 Å². The van der Waals surface area contributed by atoms with Crippen molar-refractivity contribution in [1.82, 2.24) is 4.98 Å². The van der Waals surface area contributed by atoms with Crippen molar-refractivity contribution in [3.05, 3.63) is 75.3 Å². The third kappa shape index (κ3) is 4.23. The third-order valence-electron chi connectivity index (χ3n) is 6.05. The van der Waals surface area contributed by atoms with Crippen LogP contribution in [0.1, 0.15) is 48.5 Å². The molecule has 2 unspecified atom stereocenters. The standard InChI is InChI=1S/C26H24N2O6S/c1-13-6-8-16(9-7-13)20-19(21(29)17-10-11-18(33-4)14(2)12-17)22(30)24(31)28(20)26-27-15(3)23(35-26)25(32)34-5/h6-12,19-20H,1-5H3. The van der Waals surface area contributed by atoms with E-state index >= 15 is 0 Å². The van der Waals surface area contributed by atoms with Crippen LogP contribution >= 0.6 is 11.3 Å². The zero-order valence-electron chi connectivity index (χ0n) is 19.9. The van der Waals surface area contributed by atoms with Crippen LogP contribution in [0.2, 0.25) is 0 Å². The zero-order valence-corrected chi connectivity index (χ0v) is 20.8. The Morgan fingerprint density at radius 1 is 1.00 bits per heavy atom. The van der Waals surface area contributed by atoms with Gasteiger partial charge in [0, 0.05) is 5.56 Å². The number of ketones is 2. The summed E-state index contributed by atoms with van der Waals surface area (Å²) in [6.07, 6.45) is 0. The average Bonchev–Trinajstić information content (AvgIpc) is 3.35. The first-order valence-corrected chi connectivity index (χ1v) is 11.7. The lowest BCUT2D eigenvalue weighted by atomic mass is 9.86. The Labute approximate surface area is 206 Å². The summed E-state index contributed by atoms with van der Waals surface area (Å²) < 4.78 is 10.1. The van der Waals surface area contributed by atoms with Gasteiger partial charge in [0.25, 0.3) is 5.91 Å². The largest absolute Gasteiger partial charge is 0.496 e. The molecule has 9 heteroatoms. The van der Waals surface area contributed by atoms with E-state index in [-0.39, 0.29) is 10.0 Å². The minimum absolute atomic E-state index is 0.160. The number of methoxy groups -OCH3 is 2. The molecule has 1 aromatic heterocycles. The van der Waals surface area contributed by atoms with E-state index in [2.05, 4.69) is 4.98 Å². The van der Waals surface area contributed by atoms with E-state index in [1.807, 2.05) is 19.1 Å². The number of anilines is 1. The smallest absolute Gasteiger partial charge is 0.350 e. The van der Waals surface area contributed by atoms with Gasteiger partial charge >= 0.3 is 5.97 Å². The van der Waals surface area contributed by atoms with Crippen LogP contribution in [0, 0.1) is 26.7 Å². The summed E-state index contributed by atoms with van der Waals surface area (Å²) in [6, 6.07) is 11.3. The van der Waals surface area contributed by atoms with E-state index in [0.29, 0.717) is 22.6 Å². The maximum Gasteiger partial charge on any atom is 0.350 e. The molecule has 4 rings (SSSR count). The molecule has 0 radical (unpaired) electrons. The van der Waals surface area contributed by atoms with Gasteiger partial charge in [0.1, 0.15) is 16.5 Å². The van der Waals surface area contributed by atoms with Crippen molar-refractivity contribution in [3.8, 4) is 5.75 Å². The number of aromatic nitrogens is 1. The summed E-state index contributed by atoms with van der Waals surface area (Å²) >= 11 is 0.953. The minimum Gasteiger partial charge on any atom is -0.496 e. The maximum absolute atomic E-state index is 13.7. The molecule has 1 amide bonds. The Kier molecular flexibility index (Phi) is 6.53. The molecule has 180 valence electrons. The van der Waals surface area contributed by atoms with Crippen molar-refractivity contribution in [2.24, 2.45) is 5.92 Å². The quantitative estimate of drug-likeness (QED) is 0.222. The number of benzene rings is 2. The molecule has 0 N–H and O–H groups in total. The fourth-order valence-corrected chi connectivity index (χ4v) is 5.24. The summed E-state index contributed by atoms with van der Waals surface area (Å²) in [6.45, 7) is 5.34. The normalized spacial score (nSPS) is 17.6. The first-order chi connectivity index (χ1) is 16.7. The number of aryl methyl sites for hydroxylation is 3. The van der Waals surface area contributed by atoms with Gasteiger partial charge in [-0.25, -0.2) is 9.78 Å². The lowest BCUT2D eigenvalue weighted by molar-refractivity contribution is -0.135. The molecule has 1 aliphatic rings. The number of esters is 1. The number of carbonyl (C=O) groups excluding carboxylic acids is 4. The van der Waals surface area contributed by atoms with Crippen LogP contribution in [0.4, 0.5) is 5.13 Å². The predicted octanol–water partition coefficient (Wildman–Crippen LogP) is 4.02. The molecule has 0 aliphatic carbocycles. The first kappa shape index (κ1) is 24.3. The molecular weight excluding hydrogens is 468 g/mol. The van der Waals surface area contributed by atoms with E-state index in [1.54, 1.807) is 44.2 Å². The van der Waals surface area contributed by atoms with Crippen LogP contribution in [0.25, 0.3) is 0 Å². The summed E-state index contributed by atoms with van der Waals surface area (Å²) in [5.41, 5.74) is 3.02. The Morgan fingerprint density at radius 3 is 2.29 bits per heavy atom. The number of hydrogen-bond acceptors (Lipinski definition) is 8. The zero-order chi connectivity index (χ0) is 25.4. The van der Waals surface area contributed by atoms with Crippen molar-refractivity contribution in [2.75, 3.05) is 19.1 Å². The Hall–Kier alpha value is -3.85. The van der Waals surface area contributed by atoms with Gasteiger partial charge in [-0.2, -0.15) is 0 Å². The van der Waals surface area contributed by atoms with E-state index < -0.39 is 35.4 Å². The van der Waals surface area contributed by atoms with Gasteiger partial charge < -0.3 is 9.47 Å². The molecule has 0 bridgehead atoms. The topological polar surface area (TPSA) is 103 Å². The molecule has 3 aromatic rings. The Morgan fingerprint density at radius 2 is 1.69 bits per heavy atom. The highest BCUT2D eigenvalue weighted by molar-refractivity contribution is 7.17. The van der Waals surface area contributed by atoms with Crippen LogP contribution in [0.3, 0.4) is 0 Å². The molecular formula is C26H24N2O6S. The second kappa shape index (κ2) is 9.42. The van der Waals surface area contributed by atoms with Crippen molar-refractivity contribution in [2.45, 2.75) is 26.8 Å². The van der Waals surface area contributed by atoms with Crippen molar-refractivity contribution < 1.29 is 28.7 Å². The van der Waals surface area contributed by atoms with Crippen LogP contribution < -0.4 is 9.64 Å². The van der Waals surface area contributed by atoms with E-state index in [9.17, 15) is 19.2 Å². The van der Waals surface area contributed by atoms with Crippen LogP contribution in [-0.4, -0.2) is 42.6 Å². The predicted molar refractivity (Wildman–Crippen MR) is 130 cm³/mol. The van der Waals surface area contributed by atoms with Gasteiger partial charge in [0.05, 0.1) is 26.0 Å². The monoisotopic (exact) mass is 492 g/mol. The summed E-state index contributed by atoms with van der Waals surface area (Å²) in [4.78, 5) is 58.3. The molecule has 1 fully saturated rings. The summed E-state index contributed by atoms with van der Waals surface area (Å²) in [7, 11) is 2.79.